The molecule has 3 N–H and O–H groups in total. The Labute approximate surface area is 188 Å². The number of rotatable bonds is 7. The lowest BCUT2D eigenvalue weighted by atomic mass is 9.99. The van der Waals surface area contributed by atoms with Crippen LogP contribution in [0.4, 0.5) is 4.39 Å². The first kappa shape index (κ1) is 21.8. The SMILES string of the molecule is O=C(O)CC(NC(=O)c1cc(O)n(-c2ccccc2)n1)c1ccc(-c2cccc(F)c2)cc1. The molecule has 33 heavy (non-hydrogen) atoms. The van der Waals surface area contributed by atoms with Crippen LogP contribution in [0.2, 0.25) is 0 Å². The molecule has 0 fully saturated rings. The average Bonchev–Trinajstić information content (AvgIpc) is 3.21. The van der Waals surface area contributed by atoms with Crippen molar-refractivity contribution < 1.29 is 24.2 Å². The van der Waals surface area contributed by atoms with Crippen LogP contribution in [0.25, 0.3) is 16.8 Å². The third-order valence-electron chi connectivity index (χ3n) is 5.08. The monoisotopic (exact) mass is 445 g/mol. The summed E-state index contributed by atoms with van der Waals surface area (Å²) in [5, 5.41) is 26.3. The molecule has 166 valence electrons. The lowest BCUT2D eigenvalue weighted by Crippen LogP contribution is -2.30. The number of carbonyl (C=O) groups is 2. The highest BCUT2D eigenvalue weighted by Gasteiger charge is 2.22. The Hall–Kier alpha value is -4.46. The number of nitrogens with one attached hydrogen (secondary N) is 1. The van der Waals surface area contributed by atoms with Gasteiger partial charge in [-0.25, -0.2) is 9.07 Å². The van der Waals surface area contributed by atoms with E-state index in [0.717, 1.165) is 5.56 Å². The first-order valence-electron chi connectivity index (χ1n) is 10.1. The molecule has 1 aromatic heterocycles. The van der Waals surface area contributed by atoms with Gasteiger partial charge in [-0.3, -0.25) is 9.59 Å². The van der Waals surface area contributed by atoms with E-state index < -0.39 is 17.9 Å². The van der Waals surface area contributed by atoms with Gasteiger partial charge in [0, 0.05) is 6.07 Å². The van der Waals surface area contributed by atoms with Crippen LogP contribution < -0.4 is 5.32 Å². The van der Waals surface area contributed by atoms with Crippen LogP contribution in [0.15, 0.2) is 84.9 Å². The van der Waals surface area contributed by atoms with Crippen LogP contribution in [-0.4, -0.2) is 31.9 Å². The molecule has 4 aromatic rings. The van der Waals surface area contributed by atoms with Gasteiger partial charge >= 0.3 is 5.97 Å². The number of hydrogen-bond donors (Lipinski definition) is 3. The summed E-state index contributed by atoms with van der Waals surface area (Å²) in [6.45, 7) is 0. The van der Waals surface area contributed by atoms with Gasteiger partial charge in [0.25, 0.3) is 5.91 Å². The summed E-state index contributed by atoms with van der Waals surface area (Å²) in [6.07, 6.45) is -0.351. The number of halogens is 1. The lowest BCUT2D eigenvalue weighted by molar-refractivity contribution is -0.137. The third kappa shape index (κ3) is 5.07. The topological polar surface area (TPSA) is 104 Å². The molecule has 0 aliphatic heterocycles. The van der Waals surface area contributed by atoms with Crippen molar-refractivity contribution in [1.29, 1.82) is 0 Å². The van der Waals surface area contributed by atoms with Gasteiger partial charge in [0.15, 0.2) is 5.69 Å². The average molecular weight is 445 g/mol. The standard InChI is InChI=1S/C25H20FN3O4/c26-19-6-4-5-18(13-19)16-9-11-17(12-10-16)21(15-24(31)32)27-25(33)22-14-23(30)29(28-22)20-7-2-1-3-8-20/h1-14,21,30H,15H2,(H,27,33)(H,31,32). The Balaban J connectivity index is 1.56. The summed E-state index contributed by atoms with van der Waals surface area (Å²) >= 11 is 0. The second-order valence-electron chi connectivity index (χ2n) is 7.39. The molecule has 0 saturated carbocycles. The van der Waals surface area contributed by atoms with Crippen molar-refractivity contribution in [3.63, 3.8) is 0 Å². The van der Waals surface area contributed by atoms with Crippen molar-refractivity contribution in [2.45, 2.75) is 12.5 Å². The number of hydrogen-bond acceptors (Lipinski definition) is 4. The summed E-state index contributed by atoms with van der Waals surface area (Å²) in [6, 6.07) is 22.2. The number of benzene rings is 3. The van der Waals surface area contributed by atoms with Crippen LogP contribution in [-0.2, 0) is 4.79 Å². The molecule has 1 amide bonds. The van der Waals surface area contributed by atoms with E-state index in [1.165, 1.54) is 22.9 Å². The van der Waals surface area contributed by atoms with Gasteiger partial charge in [0.1, 0.15) is 5.82 Å². The van der Waals surface area contributed by atoms with E-state index in [4.69, 9.17) is 0 Å². The van der Waals surface area contributed by atoms with Crippen molar-refractivity contribution >= 4 is 11.9 Å². The number of para-hydroxylation sites is 1. The summed E-state index contributed by atoms with van der Waals surface area (Å²) in [7, 11) is 0. The van der Waals surface area contributed by atoms with Crippen LogP contribution in [0.5, 0.6) is 5.88 Å². The first-order chi connectivity index (χ1) is 15.9. The maximum absolute atomic E-state index is 13.5. The quantitative estimate of drug-likeness (QED) is 0.393. The summed E-state index contributed by atoms with van der Waals surface area (Å²) in [5.74, 6) is -2.29. The van der Waals surface area contributed by atoms with Gasteiger partial charge in [-0.05, 0) is 41.0 Å². The predicted octanol–water partition coefficient (Wildman–Crippen LogP) is 4.33. The van der Waals surface area contributed by atoms with E-state index in [9.17, 15) is 24.2 Å². The van der Waals surface area contributed by atoms with Gasteiger partial charge in [-0.15, -0.1) is 0 Å². The van der Waals surface area contributed by atoms with E-state index in [1.807, 2.05) is 6.07 Å². The van der Waals surface area contributed by atoms with E-state index in [-0.39, 0.29) is 23.8 Å². The van der Waals surface area contributed by atoms with Gasteiger partial charge in [0.2, 0.25) is 5.88 Å². The molecule has 1 atom stereocenters. The smallest absolute Gasteiger partial charge is 0.305 e. The number of carboxylic acids is 1. The molecule has 0 aliphatic rings. The first-order valence-corrected chi connectivity index (χ1v) is 10.1. The molecule has 1 unspecified atom stereocenters. The van der Waals surface area contributed by atoms with E-state index in [0.29, 0.717) is 16.8 Å². The molecule has 3 aromatic carbocycles. The predicted molar refractivity (Wildman–Crippen MR) is 120 cm³/mol. The van der Waals surface area contributed by atoms with Crippen molar-refractivity contribution in [3.8, 4) is 22.7 Å². The fraction of sp³-hybridized carbons (Fsp3) is 0.0800. The maximum atomic E-state index is 13.5. The van der Waals surface area contributed by atoms with Gasteiger partial charge in [-0.2, -0.15) is 5.10 Å². The molecule has 0 spiro atoms. The third-order valence-corrected chi connectivity index (χ3v) is 5.08. The maximum Gasteiger partial charge on any atom is 0.305 e. The van der Waals surface area contributed by atoms with Crippen molar-refractivity contribution in [2.24, 2.45) is 0 Å². The zero-order valence-corrected chi connectivity index (χ0v) is 17.4. The van der Waals surface area contributed by atoms with Gasteiger partial charge in [0.05, 0.1) is 18.2 Å². The highest BCUT2D eigenvalue weighted by Crippen LogP contribution is 2.25. The van der Waals surface area contributed by atoms with Crippen LogP contribution in [0.3, 0.4) is 0 Å². The largest absolute Gasteiger partial charge is 0.493 e. The molecule has 0 saturated heterocycles. The molecular weight excluding hydrogens is 425 g/mol. The molecule has 0 aliphatic carbocycles. The van der Waals surface area contributed by atoms with E-state index in [2.05, 4.69) is 10.4 Å². The van der Waals surface area contributed by atoms with Gasteiger partial charge < -0.3 is 15.5 Å². The Bertz CT molecular complexity index is 1290. The van der Waals surface area contributed by atoms with Gasteiger partial charge in [-0.1, -0.05) is 54.6 Å². The number of carbonyl (C=O) groups excluding carboxylic acids is 1. The minimum atomic E-state index is -1.09. The number of aromatic hydroxyl groups is 1. The molecular formula is C25H20FN3O4. The molecule has 1 heterocycles. The Kier molecular flexibility index (Phi) is 6.17. The second kappa shape index (κ2) is 9.35. The Morgan fingerprint density at radius 3 is 2.33 bits per heavy atom. The second-order valence-corrected chi connectivity index (χ2v) is 7.39. The molecule has 4 rings (SSSR count). The fourth-order valence-corrected chi connectivity index (χ4v) is 3.48. The Morgan fingerprint density at radius 2 is 1.67 bits per heavy atom. The minimum Gasteiger partial charge on any atom is -0.493 e. The summed E-state index contributed by atoms with van der Waals surface area (Å²) in [4.78, 5) is 24.2. The molecule has 8 heteroatoms. The van der Waals surface area contributed by atoms with Crippen molar-refractivity contribution in [3.05, 3.63) is 102 Å². The lowest BCUT2D eigenvalue weighted by Gasteiger charge is -2.17. The van der Waals surface area contributed by atoms with E-state index >= 15 is 0 Å². The zero-order valence-electron chi connectivity index (χ0n) is 17.4. The van der Waals surface area contributed by atoms with Crippen molar-refractivity contribution in [2.75, 3.05) is 0 Å². The number of aromatic nitrogens is 2. The highest BCUT2D eigenvalue weighted by atomic mass is 19.1. The Morgan fingerprint density at radius 1 is 0.939 bits per heavy atom. The number of nitrogens with zero attached hydrogens (tertiary/aromatic N) is 2. The fourth-order valence-electron chi connectivity index (χ4n) is 3.48. The highest BCUT2D eigenvalue weighted by molar-refractivity contribution is 5.93. The van der Waals surface area contributed by atoms with Crippen LogP contribution >= 0.6 is 0 Å². The zero-order chi connectivity index (χ0) is 23.4. The number of carboxylic acid groups (broad SMARTS) is 1. The molecule has 0 bridgehead atoms. The number of amides is 1. The van der Waals surface area contributed by atoms with Crippen LogP contribution in [0, 0.1) is 5.82 Å². The normalized spacial score (nSPS) is 11.7. The molecule has 0 radical (unpaired) electrons. The van der Waals surface area contributed by atoms with E-state index in [1.54, 1.807) is 60.7 Å². The summed E-state index contributed by atoms with van der Waals surface area (Å²) < 4.78 is 14.7. The van der Waals surface area contributed by atoms with Crippen LogP contribution in [0.1, 0.15) is 28.5 Å². The molecule has 7 nitrogen and oxygen atoms in total. The van der Waals surface area contributed by atoms with Crippen molar-refractivity contribution in [1.82, 2.24) is 15.1 Å². The minimum absolute atomic E-state index is 0.0527. The summed E-state index contributed by atoms with van der Waals surface area (Å²) in [5.41, 5.74) is 2.53. The number of aliphatic carboxylic acids is 1.